The molecule has 3 N–H and O–H groups in total. The fraction of sp³-hybridized carbons (Fsp3) is 0.737. The number of aliphatic hydroxyl groups excluding tert-OH is 1. The van der Waals surface area contributed by atoms with Crippen molar-refractivity contribution in [3.8, 4) is 0 Å². The average Bonchev–Trinajstić information content (AvgIpc) is 3.16. The number of nitrogens with zero attached hydrogens (tertiary/aromatic N) is 2. The van der Waals surface area contributed by atoms with Gasteiger partial charge in [0.15, 0.2) is 5.69 Å². The van der Waals surface area contributed by atoms with Gasteiger partial charge in [-0.05, 0) is 13.3 Å². The number of rotatable bonds is 8. The van der Waals surface area contributed by atoms with Crippen LogP contribution in [0, 0.1) is 0 Å². The summed E-state index contributed by atoms with van der Waals surface area (Å²) in [7, 11) is 1.62. The molecule has 1 heterocycles. The molecule has 1 rings (SSSR count). The van der Waals surface area contributed by atoms with E-state index in [9.17, 15) is 14.7 Å². The molecule has 0 radical (unpaired) electrons. The fourth-order valence-electron chi connectivity index (χ4n) is 1.46. The first-order chi connectivity index (χ1) is 12.8. The number of carbonyl (C=O) groups is 2. The van der Waals surface area contributed by atoms with Crippen LogP contribution in [0.5, 0.6) is 0 Å². The van der Waals surface area contributed by atoms with Gasteiger partial charge in [0.25, 0.3) is 0 Å². The Morgan fingerprint density at radius 3 is 2.26 bits per heavy atom. The lowest BCUT2D eigenvalue weighted by Gasteiger charge is -2.17. The number of hydrogen-bond acceptors (Lipinski definition) is 7. The largest absolute Gasteiger partial charge is 0.461 e. The lowest BCUT2D eigenvalue weighted by atomic mass is 10.2. The minimum absolute atomic E-state index is 0.0587. The number of hydrogen-bond donors (Lipinski definition) is 2. The number of aliphatic hydroxyl groups is 1. The molecular weight excluding hydrogens is 366 g/mol. The SMILES string of the molecule is CCC.CCCC.CCOC(=O)c1csc(C(O)CCN(C)C(=O)CN)n1. The van der Waals surface area contributed by atoms with Crippen LogP contribution in [-0.4, -0.2) is 53.6 Å². The van der Waals surface area contributed by atoms with Crippen LogP contribution >= 0.6 is 11.3 Å². The molecule has 1 aromatic rings. The van der Waals surface area contributed by atoms with E-state index < -0.39 is 12.1 Å². The van der Waals surface area contributed by atoms with Crippen molar-refractivity contribution in [2.45, 2.75) is 66.4 Å². The third-order valence-corrected chi connectivity index (χ3v) is 4.08. The first-order valence-electron chi connectivity index (χ1n) is 9.57. The topological polar surface area (TPSA) is 106 Å². The maximum atomic E-state index is 11.4. The highest BCUT2D eigenvalue weighted by atomic mass is 32.1. The lowest BCUT2D eigenvalue weighted by Crippen LogP contribution is -2.33. The van der Waals surface area contributed by atoms with Crippen molar-refractivity contribution >= 4 is 23.2 Å². The van der Waals surface area contributed by atoms with Crippen molar-refractivity contribution in [1.29, 1.82) is 0 Å². The standard InChI is InChI=1S/C12H19N3O4S.C4H10.C3H8/c1-3-19-12(18)8-7-20-11(14-8)9(16)4-5-15(2)10(17)6-13;1-3-4-2;1-3-2/h7,9,16H,3-6,13H2,1-2H3;3-4H2,1-2H3;3H2,1-2H3. The summed E-state index contributed by atoms with van der Waals surface area (Å²) >= 11 is 1.19. The quantitative estimate of drug-likeness (QED) is 0.645. The van der Waals surface area contributed by atoms with Gasteiger partial charge in [-0.2, -0.15) is 0 Å². The van der Waals surface area contributed by atoms with E-state index >= 15 is 0 Å². The van der Waals surface area contributed by atoms with E-state index in [1.54, 1.807) is 19.4 Å². The van der Waals surface area contributed by atoms with Crippen LogP contribution in [0.1, 0.15) is 81.9 Å². The van der Waals surface area contributed by atoms with Gasteiger partial charge in [-0.15, -0.1) is 11.3 Å². The number of carbonyl (C=O) groups excluding carboxylic acids is 2. The first kappa shape index (κ1) is 27.7. The maximum Gasteiger partial charge on any atom is 0.357 e. The summed E-state index contributed by atoms with van der Waals surface area (Å²) in [6.45, 7) is 10.9. The van der Waals surface area contributed by atoms with Crippen LogP contribution in [0.25, 0.3) is 0 Å². The molecule has 1 unspecified atom stereocenters. The summed E-state index contributed by atoms with van der Waals surface area (Å²) in [6, 6.07) is 0. The van der Waals surface area contributed by atoms with E-state index in [2.05, 4.69) is 32.7 Å². The molecule has 0 fully saturated rings. The van der Waals surface area contributed by atoms with Crippen molar-refractivity contribution < 1.29 is 19.4 Å². The molecule has 1 aromatic heterocycles. The molecule has 0 saturated carbocycles. The van der Waals surface area contributed by atoms with Gasteiger partial charge in [-0.1, -0.05) is 47.0 Å². The van der Waals surface area contributed by atoms with Gasteiger partial charge < -0.3 is 20.5 Å². The third-order valence-electron chi connectivity index (χ3n) is 3.13. The van der Waals surface area contributed by atoms with Crippen molar-refractivity contribution in [1.82, 2.24) is 9.88 Å². The van der Waals surface area contributed by atoms with Gasteiger partial charge in [0.05, 0.1) is 13.2 Å². The minimum atomic E-state index is -0.823. The molecule has 27 heavy (non-hydrogen) atoms. The molecule has 8 heteroatoms. The highest BCUT2D eigenvalue weighted by Crippen LogP contribution is 2.21. The van der Waals surface area contributed by atoms with E-state index in [1.165, 1.54) is 35.5 Å². The van der Waals surface area contributed by atoms with Gasteiger partial charge in [0, 0.05) is 19.0 Å². The van der Waals surface area contributed by atoms with Gasteiger partial charge in [0.2, 0.25) is 5.91 Å². The summed E-state index contributed by atoms with van der Waals surface area (Å²) in [5.41, 5.74) is 5.43. The van der Waals surface area contributed by atoms with E-state index in [0.717, 1.165) is 0 Å². The van der Waals surface area contributed by atoms with Crippen molar-refractivity contribution in [3.05, 3.63) is 16.1 Å². The van der Waals surface area contributed by atoms with Gasteiger partial charge in [-0.3, -0.25) is 4.79 Å². The highest BCUT2D eigenvalue weighted by Gasteiger charge is 2.18. The monoisotopic (exact) mass is 403 g/mol. The molecule has 0 bridgehead atoms. The Bertz CT molecular complexity index is 507. The fourth-order valence-corrected chi connectivity index (χ4v) is 2.27. The highest BCUT2D eigenvalue weighted by molar-refractivity contribution is 7.09. The number of nitrogens with two attached hydrogens (primary N) is 1. The smallest absolute Gasteiger partial charge is 0.357 e. The van der Waals surface area contributed by atoms with E-state index in [4.69, 9.17) is 10.5 Å². The Balaban J connectivity index is 0. The second-order valence-corrected chi connectivity index (χ2v) is 6.71. The van der Waals surface area contributed by atoms with Crippen LogP contribution in [0.3, 0.4) is 0 Å². The minimum Gasteiger partial charge on any atom is -0.461 e. The number of ether oxygens (including phenoxy) is 1. The molecule has 0 aliphatic rings. The van der Waals surface area contributed by atoms with Gasteiger partial charge in [0.1, 0.15) is 11.1 Å². The average molecular weight is 404 g/mol. The Morgan fingerprint density at radius 2 is 1.81 bits per heavy atom. The summed E-state index contributed by atoms with van der Waals surface area (Å²) in [5, 5.41) is 12.0. The van der Waals surface area contributed by atoms with E-state index in [1.807, 2.05) is 0 Å². The Hall–Kier alpha value is -1.51. The van der Waals surface area contributed by atoms with Crippen LogP contribution in [-0.2, 0) is 9.53 Å². The third kappa shape index (κ3) is 13.3. The molecule has 0 aliphatic carbocycles. The van der Waals surface area contributed by atoms with Crippen LogP contribution in [0.4, 0.5) is 0 Å². The number of esters is 1. The Labute approximate surface area is 167 Å². The predicted octanol–water partition coefficient (Wildman–Crippen LogP) is 3.38. The first-order valence-corrected chi connectivity index (χ1v) is 10.4. The van der Waals surface area contributed by atoms with Crippen LogP contribution < -0.4 is 5.73 Å². The summed E-state index contributed by atoms with van der Waals surface area (Å²) in [6.07, 6.45) is 3.40. The second kappa shape index (κ2) is 17.9. The Morgan fingerprint density at radius 1 is 1.26 bits per heavy atom. The summed E-state index contributed by atoms with van der Waals surface area (Å²) < 4.78 is 4.82. The molecule has 7 nitrogen and oxygen atoms in total. The zero-order valence-corrected chi connectivity index (χ0v) is 18.5. The molecule has 0 aliphatic heterocycles. The van der Waals surface area contributed by atoms with Crippen molar-refractivity contribution in [3.63, 3.8) is 0 Å². The molecule has 0 saturated heterocycles. The van der Waals surface area contributed by atoms with E-state index in [0.29, 0.717) is 18.0 Å². The molecule has 0 aromatic carbocycles. The number of likely N-dealkylation sites (N-methyl/N-ethyl adjacent to an activating group) is 1. The number of unbranched alkanes of at least 4 members (excludes halogenated alkanes) is 1. The number of amides is 1. The summed E-state index contributed by atoms with van der Waals surface area (Å²) in [4.78, 5) is 28.2. The Kier molecular flexibility index (Phi) is 18.3. The van der Waals surface area contributed by atoms with Crippen molar-refractivity contribution in [2.24, 2.45) is 5.73 Å². The maximum absolute atomic E-state index is 11.4. The van der Waals surface area contributed by atoms with E-state index in [-0.39, 0.29) is 24.8 Å². The lowest BCUT2D eigenvalue weighted by molar-refractivity contribution is -0.128. The zero-order chi connectivity index (χ0) is 21.2. The molecule has 158 valence electrons. The number of thiazole rings is 1. The molecule has 1 amide bonds. The van der Waals surface area contributed by atoms with Gasteiger partial charge >= 0.3 is 5.97 Å². The normalized spacial score (nSPS) is 10.7. The predicted molar refractivity (Wildman–Crippen MR) is 111 cm³/mol. The van der Waals surface area contributed by atoms with Crippen LogP contribution in [0.15, 0.2) is 5.38 Å². The zero-order valence-electron chi connectivity index (χ0n) is 17.7. The van der Waals surface area contributed by atoms with Crippen LogP contribution in [0.2, 0.25) is 0 Å². The summed E-state index contributed by atoms with van der Waals surface area (Å²) in [5.74, 6) is -0.693. The number of aromatic nitrogens is 1. The molecular formula is C19H37N3O4S. The molecule has 0 spiro atoms. The van der Waals surface area contributed by atoms with Gasteiger partial charge in [-0.25, -0.2) is 9.78 Å². The van der Waals surface area contributed by atoms with Crippen molar-refractivity contribution in [2.75, 3.05) is 26.7 Å². The molecule has 1 atom stereocenters. The second-order valence-electron chi connectivity index (χ2n) is 5.82.